The molecule has 5 heteroatoms. The van der Waals surface area contributed by atoms with Gasteiger partial charge in [-0.3, -0.25) is 0 Å². The van der Waals surface area contributed by atoms with E-state index in [9.17, 15) is 0 Å². The maximum Gasteiger partial charge on any atom is 0.218 e. The van der Waals surface area contributed by atoms with Gasteiger partial charge >= 0.3 is 0 Å². The largest absolute Gasteiger partial charge is 0.478 e. The minimum atomic E-state index is 0.0119. The van der Waals surface area contributed by atoms with Crippen LogP contribution in [0.15, 0.2) is 6.07 Å². The first-order valence-electron chi connectivity index (χ1n) is 7.12. The average molecular weight is 265 g/mol. The Labute approximate surface area is 114 Å². The van der Waals surface area contributed by atoms with Crippen LogP contribution < -0.4 is 10.1 Å². The van der Waals surface area contributed by atoms with Gasteiger partial charge in [-0.2, -0.15) is 4.98 Å². The van der Waals surface area contributed by atoms with Crippen molar-refractivity contribution in [2.24, 2.45) is 0 Å². The van der Waals surface area contributed by atoms with Gasteiger partial charge in [-0.05, 0) is 33.1 Å². The second kappa shape index (κ2) is 6.70. The average Bonchev–Trinajstić information content (AvgIpc) is 2.92. The van der Waals surface area contributed by atoms with Crippen LogP contribution in [0.25, 0.3) is 0 Å². The van der Waals surface area contributed by atoms with Crippen LogP contribution in [0, 0.1) is 0 Å². The van der Waals surface area contributed by atoms with E-state index in [1.54, 1.807) is 0 Å². The highest BCUT2D eigenvalue weighted by atomic mass is 16.5. The number of hydrogen-bond donors (Lipinski definition) is 1. The third kappa shape index (κ3) is 3.80. The lowest BCUT2D eigenvalue weighted by Crippen LogP contribution is -2.16. The summed E-state index contributed by atoms with van der Waals surface area (Å²) in [4.78, 5) is 9.00. The second-order valence-electron chi connectivity index (χ2n) is 4.84. The molecule has 1 aliphatic rings. The Bertz CT molecular complexity index is 406. The molecule has 0 radical (unpaired) electrons. The van der Waals surface area contributed by atoms with Gasteiger partial charge in [0.2, 0.25) is 5.88 Å². The molecule has 1 saturated heterocycles. The molecule has 5 nitrogen and oxygen atoms in total. The molecule has 1 aromatic heterocycles. The Morgan fingerprint density at radius 3 is 2.95 bits per heavy atom. The molecule has 1 N–H and O–H groups in total. The number of nitrogens with one attached hydrogen (secondary N) is 1. The van der Waals surface area contributed by atoms with Gasteiger partial charge in [0.15, 0.2) is 5.82 Å². The molecule has 0 saturated carbocycles. The van der Waals surface area contributed by atoms with Crippen LogP contribution in [0.5, 0.6) is 5.88 Å². The fourth-order valence-electron chi connectivity index (χ4n) is 2.02. The SMILES string of the molecule is CCOc1cc(NC(C)CC)nc(C2CCCO2)n1. The molecular formula is C14H23N3O2. The lowest BCUT2D eigenvalue weighted by atomic mass is 10.2. The lowest BCUT2D eigenvalue weighted by molar-refractivity contribution is 0.104. The van der Waals surface area contributed by atoms with E-state index < -0.39 is 0 Å². The van der Waals surface area contributed by atoms with E-state index in [1.807, 2.05) is 13.0 Å². The highest BCUT2D eigenvalue weighted by Gasteiger charge is 2.22. The number of nitrogens with zero attached hydrogens (tertiary/aromatic N) is 2. The third-order valence-electron chi connectivity index (χ3n) is 3.24. The first-order valence-corrected chi connectivity index (χ1v) is 7.12. The summed E-state index contributed by atoms with van der Waals surface area (Å²) in [5.74, 6) is 2.17. The van der Waals surface area contributed by atoms with Crippen molar-refractivity contribution in [1.29, 1.82) is 0 Å². The molecule has 106 valence electrons. The molecule has 0 spiro atoms. The van der Waals surface area contributed by atoms with E-state index in [2.05, 4.69) is 29.1 Å². The van der Waals surface area contributed by atoms with E-state index in [1.165, 1.54) is 0 Å². The van der Waals surface area contributed by atoms with E-state index in [0.29, 0.717) is 18.5 Å². The summed E-state index contributed by atoms with van der Waals surface area (Å²) in [7, 11) is 0. The van der Waals surface area contributed by atoms with Crippen LogP contribution in [0.1, 0.15) is 52.0 Å². The van der Waals surface area contributed by atoms with Crippen LogP contribution in [0.4, 0.5) is 5.82 Å². The summed E-state index contributed by atoms with van der Waals surface area (Å²) in [6, 6.07) is 2.23. The van der Waals surface area contributed by atoms with Crippen molar-refractivity contribution in [3.8, 4) is 5.88 Å². The number of ether oxygens (including phenoxy) is 2. The molecule has 1 aliphatic heterocycles. The van der Waals surface area contributed by atoms with Gasteiger partial charge in [0.1, 0.15) is 11.9 Å². The molecule has 2 rings (SSSR count). The van der Waals surface area contributed by atoms with Crippen molar-refractivity contribution in [2.45, 2.75) is 52.2 Å². The normalized spacial score (nSPS) is 20.3. The number of anilines is 1. The molecular weight excluding hydrogens is 242 g/mol. The number of aromatic nitrogens is 2. The van der Waals surface area contributed by atoms with E-state index in [0.717, 1.165) is 37.5 Å². The molecule has 1 fully saturated rings. The zero-order valence-corrected chi connectivity index (χ0v) is 12.0. The molecule has 0 bridgehead atoms. The van der Waals surface area contributed by atoms with Crippen molar-refractivity contribution >= 4 is 5.82 Å². The zero-order valence-electron chi connectivity index (χ0n) is 12.0. The van der Waals surface area contributed by atoms with E-state index in [-0.39, 0.29) is 6.10 Å². The number of rotatable bonds is 6. The quantitative estimate of drug-likeness (QED) is 0.857. The lowest BCUT2D eigenvalue weighted by Gasteiger charge is -2.16. The number of hydrogen-bond acceptors (Lipinski definition) is 5. The first kappa shape index (κ1) is 14.1. The van der Waals surface area contributed by atoms with Crippen molar-refractivity contribution in [3.63, 3.8) is 0 Å². The van der Waals surface area contributed by atoms with Crippen LogP contribution in [0.2, 0.25) is 0 Å². The van der Waals surface area contributed by atoms with Gasteiger partial charge in [0.25, 0.3) is 0 Å². The van der Waals surface area contributed by atoms with Crippen LogP contribution in [0.3, 0.4) is 0 Å². The van der Waals surface area contributed by atoms with Crippen molar-refractivity contribution in [3.05, 3.63) is 11.9 Å². The maximum absolute atomic E-state index is 5.65. The van der Waals surface area contributed by atoms with Crippen LogP contribution in [-0.2, 0) is 4.74 Å². The molecule has 2 heterocycles. The Balaban J connectivity index is 2.20. The topological polar surface area (TPSA) is 56.3 Å². The fourth-order valence-corrected chi connectivity index (χ4v) is 2.02. The van der Waals surface area contributed by atoms with Crippen molar-refractivity contribution in [2.75, 3.05) is 18.5 Å². The van der Waals surface area contributed by atoms with Crippen LogP contribution >= 0.6 is 0 Å². The van der Waals surface area contributed by atoms with Crippen molar-refractivity contribution < 1.29 is 9.47 Å². The smallest absolute Gasteiger partial charge is 0.218 e. The standard InChI is InChI=1S/C14H23N3O2/c1-4-10(3)15-12-9-13(18-5-2)17-14(16-12)11-7-6-8-19-11/h9-11H,4-8H2,1-3H3,(H,15,16,17). The van der Waals surface area contributed by atoms with Gasteiger partial charge in [0, 0.05) is 18.7 Å². The van der Waals surface area contributed by atoms with E-state index >= 15 is 0 Å². The summed E-state index contributed by atoms with van der Waals surface area (Å²) in [5, 5.41) is 3.37. The third-order valence-corrected chi connectivity index (χ3v) is 3.24. The maximum atomic E-state index is 5.65. The summed E-state index contributed by atoms with van der Waals surface area (Å²) < 4.78 is 11.2. The Morgan fingerprint density at radius 1 is 1.47 bits per heavy atom. The Kier molecular flexibility index (Phi) is 4.96. The predicted octanol–water partition coefficient (Wildman–Crippen LogP) is 2.94. The highest BCUT2D eigenvalue weighted by molar-refractivity contribution is 5.39. The van der Waals surface area contributed by atoms with Crippen LogP contribution in [-0.4, -0.2) is 29.2 Å². The molecule has 1 aromatic rings. The summed E-state index contributed by atoms with van der Waals surface area (Å²) in [6.07, 6.45) is 3.11. The van der Waals surface area contributed by atoms with Gasteiger partial charge in [-0.15, -0.1) is 0 Å². The van der Waals surface area contributed by atoms with Gasteiger partial charge in [-0.1, -0.05) is 6.92 Å². The molecule has 2 atom stereocenters. The molecule has 0 amide bonds. The molecule has 0 aromatic carbocycles. The molecule has 0 aliphatic carbocycles. The molecule has 19 heavy (non-hydrogen) atoms. The van der Waals surface area contributed by atoms with E-state index in [4.69, 9.17) is 9.47 Å². The second-order valence-corrected chi connectivity index (χ2v) is 4.84. The minimum absolute atomic E-state index is 0.0119. The zero-order chi connectivity index (χ0) is 13.7. The molecule has 2 unspecified atom stereocenters. The predicted molar refractivity (Wildman–Crippen MR) is 74.5 cm³/mol. The Morgan fingerprint density at radius 2 is 2.32 bits per heavy atom. The summed E-state index contributed by atoms with van der Waals surface area (Å²) in [5.41, 5.74) is 0. The minimum Gasteiger partial charge on any atom is -0.478 e. The van der Waals surface area contributed by atoms with Gasteiger partial charge < -0.3 is 14.8 Å². The van der Waals surface area contributed by atoms with Gasteiger partial charge in [0.05, 0.1) is 6.61 Å². The Hall–Kier alpha value is -1.36. The fraction of sp³-hybridized carbons (Fsp3) is 0.714. The highest BCUT2D eigenvalue weighted by Crippen LogP contribution is 2.28. The monoisotopic (exact) mass is 265 g/mol. The first-order chi connectivity index (χ1) is 9.22. The van der Waals surface area contributed by atoms with Gasteiger partial charge in [-0.25, -0.2) is 4.98 Å². The summed E-state index contributed by atoms with van der Waals surface area (Å²) in [6.45, 7) is 7.62. The summed E-state index contributed by atoms with van der Waals surface area (Å²) >= 11 is 0. The van der Waals surface area contributed by atoms with Crippen molar-refractivity contribution in [1.82, 2.24) is 9.97 Å².